The van der Waals surface area contributed by atoms with Crippen LogP contribution in [0, 0.1) is 0 Å². The van der Waals surface area contributed by atoms with Crippen LogP contribution >= 0.6 is 15.9 Å². The van der Waals surface area contributed by atoms with Gasteiger partial charge in [-0.15, -0.1) is 0 Å². The first-order valence-corrected chi connectivity index (χ1v) is 5.79. The zero-order valence-corrected chi connectivity index (χ0v) is 9.66. The van der Waals surface area contributed by atoms with Gasteiger partial charge in [-0.2, -0.15) is 0 Å². The molecular weight excluding hydrogens is 258 g/mol. The number of ether oxygens (including phenoxy) is 1. The smallest absolute Gasteiger partial charge is 0.227 e. The van der Waals surface area contributed by atoms with Crippen LogP contribution in [0.15, 0.2) is 22.7 Å². The summed E-state index contributed by atoms with van der Waals surface area (Å²) < 4.78 is 6.62. The fraction of sp³-hybridized carbons (Fsp3) is 0.364. The number of halogens is 1. The molecule has 0 aromatic heterocycles. The van der Waals surface area contributed by atoms with Gasteiger partial charge in [0.05, 0.1) is 11.7 Å². The maximum atomic E-state index is 11.7. The number of amides is 1. The quantitative estimate of drug-likeness (QED) is 0.722. The second-order valence-corrected chi connectivity index (χ2v) is 4.79. The van der Waals surface area contributed by atoms with E-state index in [2.05, 4.69) is 15.9 Å². The first-order chi connectivity index (χ1) is 7.25. The molecule has 2 heterocycles. The van der Waals surface area contributed by atoms with Crippen LogP contribution in [0.25, 0.3) is 0 Å². The van der Waals surface area contributed by atoms with E-state index in [1.165, 1.54) is 0 Å². The number of carbonyl (C=O) groups excluding carboxylic acids is 1. The van der Waals surface area contributed by atoms with Gasteiger partial charge in [0.25, 0.3) is 0 Å². The van der Waals surface area contributed by atoms with E-state index >= 15 is 0 Å². The average Bonchev–Trinajstić information content (AvgIpc) is 2.60. The van der Waals surface area contributed by atoms with E-state index < -0.39 is 0 Å². The fourth-order valence-corrected chi connectivity index (χ4v) is 2.56. The van der Waals surface area contributed by atoms with Gasteiger partial charge in [-0.25, -0.2) is 0 Å². The van der Waals surface area contributed by atoms with Crippen LogP contribution in [0.2, 0.25) is 0 Å². The van der Waals surface area contributed by atoms with Gasteiger partial charge in [0.1, 0.15) is 12.4 Å². The summed E-state index contributed by atoms with van der Waals surface area (Å²) >= 11 is 3.39. The Bertz CT molecular complexity index is 433. The third kappa shape index (κ3) is 1.35. The second-order valence-electron chi connectivity index (χ2n) is 3.88. The zero-order chi connectivity index (χ0) is 10.4. The number of hydrogen-bond acceptors (Lipinski definition) is 2. The number of carbonyl (C=O) groups is 1. The molecule has 0 N–H and O–H groups in total. The normalized spacial score (nSPS) is 23.4. The Balaban J connectivity index is 2.10. The van der Waals surface area contributed by atoms with Gasteiger partial charge in [0.2, 0.25) is 5.91 Å². The SMILES string of the molecule is O=C1CCC2COc3cc(Br)ccc3N12. The molecule has 3 rings (SSSR count). The van der Waals surface area contributed by atoms with Gasteiger partial charge >= 0.3 is 0 Å². The Labute approximate surface area is 96.1 Å². The number of rotatable bonds is 0. The Morgan fingerprint density at radius 1 is 1.47 bits per heavy atom. The largest absolute Gasteiger partial charge is 0.489 e. The molecule has 1 saturated heterocycles. The lowest BCUT2D eigenvalue weighted by Crippen LogP contribution is -2.40. The molecule has 3 nitrogen and oxygen atoms in total. The molecule has 2 aliphatic heterocycles. The Morgan fingerprint density at radius 3 is 3.20 bits per heavy atom. The molecule has 0 bridgehead atoms. The summed E-state index contributed by atoms with van der Waals surface area (Å²) in [5, 5.41) is 0. The monoisotopic (exact) mass is 267 g/mol. The lowest BCUT2D eigenvalue weighted by molar-refractivity contribution is -0.117. The molecule has 4 heteroatoms. The molecule has 1 fully saturated rings. The lowest BCUT2D eigenvalue weighted by Gasteiger charge is -2.31. The molecule has 1 aromatic carbocycles. The van der Waals surface area contributed by atoms with E-state index in [-0.39, 0.29) is 11.9 Å². The van der Waals surface area contributed by atoms with Crippen molar-refractivity contribution >= 4 is 27.5 Å². The molecule has 1 amide bonds. The maximum Gasteiger partial charge on any atom is 0.227 e. The molecule has 78 valence electrons. The molecule has 0 aliphatic carbocycles. The minimum atomic E-state index is 0.215. The van der Waals surface area contributed by atoms with E-state index in [0.29, 0.717) is 13.0 Å². The van der Waals surface area contributed by atoms with Gasteiger partial charge in [-0.3, -0.25) is 4.79 Å². The van der Waals surface area contributed by atoms with Gasteiger partial charge in [0, 0.05) is 10.9 Å². The number of benzene rings is 1. The summed E-state index contributed by atoms with van der Waals surface area (Å²) in [6, 6.07) is 6.04. The maximum absolute atomic E-state index is 11.7. The predicted octanol–water partition coefficient (Wildman–Crippen LogP) is 2.34. The first-order valence-electron chi connectivity index (χ1n) is 5.00. The average molecular weight is 268 g/mol. The van der Waals surface area contributed by atoms with E-state index in [1.54, 1.807) is 0 Å². The molecule has 1 atom stereocenters. The molecule has 1 unspecified atom stereocenters. The van der Waals surface area contributed by atoms with Gasteiger partial charge < -0.3 is 9.64 Å². The first kappa shape index (κ1) is 9.21. The molecule has 0 spiro atoms. The van der Waals surface area contributed by atoms with Crippen LogP contribution in [0.5, 0.6) is 5.75 Å². The molecule has 0 saturated carbocycles. The summed E-state index contributed by atoms with van der Waals surface area (Å²) in [7, 11) is 0. The van der Waals surface area contributed by atoms with Crippen molar-refractivity contribution in [2.24, 2.45) is 0 Å². The highest BCUT2D eigenvalue weighted by Gasteiger charge is 2.37. The summed E-state index contributed by atoms with van der Waals surface area (Å²) in [6.45, 7) is 0.620. The summed E-state index contributed by atoms with van der Waals surface area (Å²) in [6.07, 6.45) is 1.55. The van der Waals surface area contributed by atoms with E-state index in [4.69, 9.17) is 4.74 Å². The van der Waals surface area contributed by atoms with Crippen molar-refractivity contribution in [2.75, 3.05) is 11.5 Å². The lowest BCUT2D eigenvalue weighted by atomic mass is 10.2. The van der Waals surface area contributed by atoms with Crippen LogP contribution in [-0.4, -0.2) is 18.6 Å². The van der Waals surface area contributed by atoms with Crippen molar-refractivity contribution in [1.82, 2.24) is 0 Å². The summed E-state index contributed by atoms with van der Waals surface area (Å²) in [4.78, 5) is 13.6. The van der Waals surface area contributed by atoms with Gasteiger partial charge in [-0.1, -0.05) is 15.9 Å². The predicted molar refractivity (Wildman–Crippen MR) is 60.1 cm³/mol. The van der Waals surface area contributed by atoms with Crippen molar-refractivity contribution in [3.05, 3.63) is 22.7 Å². The number of anilines is 1. The van der Waals surface area contributed by atoms with Crippen LogP contribution in [-0.2, 0) is 4.79 Å². The highest BCUT2D eigenvalue weighted by molar-refractivity contribution is 9.10. The highest BCUT2D eigenvalue weighted by atomic mass is 79.9. The number of nitrogens with zero attached hydrogens (tertiary/aromatic N) is 1. The number of hydrogen-bond donors (Lipinski definition) is 0. The number of fused-ring (bicyclic) bond motifs is 3. The zero-order valence-electron chi connectivity index (χ0n) is 8.07. The van der Waals surface area contributed by atoms with E-state index in [1.807, 2.05) is 23.1 Å². The van der Waals surface area contributed by atoms with Crippen LogP contribution in [0.4, 0.5) is 5.69 Å². The van der Waals surface area contributed by atoms with Crippen LogP contribution in [0.3, 0.4) is 0 Å². The minimum Gasteiger partial charge on any atom is -0.489 e. The Kier molecular flexibility index (Phi) is 1.99. The van der Waals surface area contributed by atoms with Crippen molar-refractivity contribution in [1.29, 1.82) is 0 Å². The molecule has 15 heavy (non-hydrogen) atoms. The molecule has 0 radical (unpaired) electrons. The van der Waals surface area contributed by atoms with E-state index in [0.717, 1.165) is 22.3 Å². The third-order valence-corrected chi connectivity index (χ3v) is 3.43. The molecule has 1 aromatic rings. The third-order valence-electron chi connectivity index (χ3n) is 2.94. The topological polar surface area (TPSA) is 29.5 Å². The standard InChI is InChI=1S/C11H10BrNO2/c12-7-1-3-9-10(5-7)15-6-8-2-4-11(14)13(8)9/h1,3,5,8H,2,4,6H2. The highest BCUT2D eigenvalue weighted by Crippen LogP contribution is 2.39. The van der Waals surface area contributed by atoms with Crippen molar-refractivity contribution < 1.29 is 9.53 Å². The Morgan fingerprint density at radius 2 is 2.33 bits per heavy atom. The minimum absolute atomic E-state index is 0.215. The van der Waals surface area contributed by atoms with Crippen molar-refractivity contribution in [2.45, 2.75) is 18.9 Å². The second kappa shape index (κ2) is 3.23. The Hall–Kier alpha value is -1.03. The fourth-order valence-electron chi connectivity index (χ4n) is 2.22. The molecule has 2 aliphatic rings. The molecular formula is C11H10BrNO2. The van der Waals surface area contributed by atoms with Crippen molar-refractivity contribution in [3.63, 3.8) is 0 Å². The van der Waals surface area contributed by atoms with E-state index in [9.17, 15) is 4.79 Å². The van der Waals surface area contributed by atoms with Crippen molar-refractivity contribution in [3.8, 4) is 5.75 Å². The summed E-state index contributed by atoms with van der Waals surface area (Å²) in [5.41, 5.74) is 0.914. The van der Waals surface area contributed by atoms with Gasteiger partial charge in [-0.05, 0) is 24.6 Å². The summed E-state index contributed by atoms with van der Waals surface area (Å²) in [5.74, 6) is 1.02. The van der Waals surface area contributed by atoms with Crippen LogP contribution in [0.1, 0.15) is 12.8 Å². The van der Waals surface area contributed by atoms with Gasteiger partial charge in [0.15, 0.2) is 0 Å². The van der Waals surface area contributed by atoms with Crippen LogP contribution < -0.4 is 9.64 Å².